The maximum atomic E-state index is 15.2. The Morgan fingerprint density at radius 1 is 1.00 bits per heavy atom. The summed E-state index contributed by atoms with van der Waals surface area (Å²) in [5, 5.41) is 18.0. The number of phenols is 1. The Hall–Kier alpha value is -5.52. The fourth-order valence-electron chi connectivity index (χ4n) is 9.77. The van der Waals surface area contributed by atoms with Gasteiger partial charge < -0.3 is 9.84 Å². The SMILES string of the molecule is C=Cc1ccc(N2C(=O)[C@H]3[C@H](CC=C4[C@H]3C[C@H]3C(=O)N(c5cc(-c6sc7ccc(Cl)cc7c6C)nn5C)C(=O)[C@@]3(C)[C@H]4c3c(O)cccc3OC)C2=O)cc1. The zero-order valence-electron chi connectivity index (χ0n) is 30.6. The monoisotopic (exact) mass is 772 g/mol. The van der Waals surface area contributed by atoms with Crippen LogP contribution in [0.4, 0.5) is 11.5 Å². The van der Waals surface area contributed by atoms with Gasteiger partial charge in [0.1, 0.15) is 23.0 Å². The van der Waals surface area contributed by atoms with E-state index >= 15 is 4.79 Å². The van der Waals surface area contributed by atoms with Crippen molar-refractivity contribution in [2.24, 2.45) is 36.1 Å². The number of ether oxygens (including phenoxy) is 1. The molecule has 4 heterocycles. The van der Waals surface area contributed by atoms with E-state index in [-0.39, 0.29) is 30.4 Å². The molecule has 55 heavy (non-hydrogen) atoms. The lowest BCUT2D eigenvalue weighted by Gasteiger charge is -2.49. The molecule has 1 N–H and O–H groups in total. The number of benzene rings is 3. The van der Waals surface area contributed by atoms with Crippen LogP contribution < -0.4 is 14.5 Å². The molecule has 6 atom stereocenters. The number of halogens is 1. The van der Waals surface area contributed by atoms with Crippen LogP contribution in [0.2, 0.25) is 5.02 Å². The summed E-state index contributed by atoms with van der Waals surface area (Å²) < 4.78 is 8.39. The van der Waals surface area contributed by atoms with Crippen LogP contribution in [-0.4, -0.2) is 45.6 Å². The molecule has 0 spiro atoms. The van der Waals surface area contributed by atoms with Crippen molar-refractivity contribution in [1.82, 2.24) is 9.78 Å². The summed E-state index contributed by atoms with van der Waals surface area (Å²) in [6, 6.07) is 19.5. The van der Waals surface area contributed by atoms with Gasteiger partial charge in [-0.15, -0.1) is 11.3 Å². The molecule has 10 nitrogen and oxygen atoms in total. The highest BCUT2D eigenvalue weighted by molar-refractivity contribution is 7.22. The third-order valence-corrected chi connectivity index (χ3v) is 14.0. The first-order valence-corrected chi connectivity index (χ1v) is 19.4. The smallest absolute Gasteiger partial charge is 0.242 e. The molecule has 2 aliphatic heterocycles. The van der Waals surface area contributed by atoms with Gasteiger partial charge in [0, 0.05) is 34.3 Å². The van der Waals surface area contributed by atoms with E-state index in [4.69, 9.17) is 21.4 Å². The number of fused-ring (bicyclic) bond motifs is 5. The van der Waals surface area contributed by atoms with Crippen molar-refractivity contribution in [2.45, 2.75) is 32.6 Å². The van der Waals surface area contributed by atoms with Gasteiger partial charge in [0.25, 0.3) is 0 Å². The van der Waals surface area contributed by atoms with Crippen LogP contribution in [0.25, 0.3) is 26.7 Å². The van der Waals surface area contributed by atoms with Gasteiger partial charge in [0.15, 0.2) is 0 Å². The van der Waals surface area contributed by atoms with Crippen LogP contribution in [0.5, 0.6) is 11.5 Å². The zero-order valence-corrected chi connectivity index (χ0v) is 32.1. The van der Waals surface area contributed by atoms with Crippen molar-refractivity contribution < 1.29 is 29.0 Å². The molecule has 5 aromatic rings. The Labute approximate surface area is 326 Å². The number of allylic oxidation sites excluding steroid dienone is 2. The summed E-state index contributed by atoms with van der Waals surface area (Å²) in [5.41, 5.74) is 2.66. The predicted octanol–water partition coefficient (Wildman–Crippen LogP) is 8.06. The molecule has 3 aromatic carbocycles. The number of aryl methyl sites for hydroxylation is 2. The molecule has 1 saturated carbocycles. The topological polar surface area (TPSA) is 122 Å². The lowest BCUT2D eigenvalue weighted by molar-refractivity contribution is -0.131. The molecule has 4 aliphatic rings. The van der Waals surface area contributed by atoms with Crippen LogP contribution in [0, 0.1) is 36.0 Å². The van der Waals surface area contributed by atoms with Crippen molar-refractivity contribution in [1.29, 1.82) is 0 Å². The summed E-state index contributed by atoms with van der Waals surface area (Å²) in [6.07, 6.45) is 4.08. The quantitative estimate of drug-likeness (QED) is 0.137. The van der Waals surface area contributed by atoms with Crippen LogP contribution in [-0.2, 0) is 26.2 Å². The lowest BCUT2D eigenvalue weighted by atomic mass is 9.51. The van der Waals surface area contributed by atoms with E-state index < -0.39 is 46.8 Å². The number of anilines is 2. The number of carbonyl (C=O) groups is 4. The first-order chi connectivity index (χ1) is 26.4. The number of nitrogens with zero attached hydrogens (tertiary/aromatic N) is 4. The predicted molar refractivity (Wildman–Crippen MR) is 212 cm³/mol. The number of amides is 4. The number of hydrogen-bond acceptors (Lipinski definition) is 8. The normalized spacial score (nSPS) is 26.0. The van der Waals surface area contributed by atoms with Gasteiger partial charge in [-0.25, -0.2) is 4.90 Å². The highest BCUT2D eigenvalue weighted by Crippen LogP contribution is 2.65. The number of thiophene rings is 1. The van der Waals surface area contributed by atoms with Gasteiger partial charge in [-0.1, -0.05) is 54.1 Å². The van der Waals surface area contributed by atoms with E-state index in [0.29, 0.717) is 33.5 Å². The number of aromatic hydroxyl groups is 1. The maximum Gasteiger partial charge on any atom is 0.242 e. The summed E-state index contributed by atoms with van der Waals surface area (Å²) in [4.78, 5) is 62.0. The van der Waals surface area contributed by atoms with E-state index in [2.05, 4.69) is 6.58 Å². The van der Waals surface area contributed by atoms with Crippen LogP contribution >= 0.6 is 22.9 Å². The van der Waals surface area contributed by atoms with Crippen molar-refractivity contribution in [3.8, 4) is 22.1 Å². The van der Waals surface area contributed by atoms with E-state index in [0.717, 1.165) is 31.7 Å². The highest BCUT2D eigenvalue weighted by atomic mass is 35.5. The first kappa shape index (κ1) is 35.2. The highest BCUT2D eigenvalue weighted by Gasteiger charge is 2.68. The molecule has 2 aliphatic carbocycles. The Morgan fingerprint density at radius 2 is 1.76 bits per heavy atom. The molecule has 0 unspecified atom stereocenters. The molecule has 9 rings (SSSR count). The molecule has 2 saturated heterocycles. The van der Waals surface area contributed by atoms with Crippen LogP contribution in [0.3, 0.4) is 0 Å². The number of methoxy groups -OCH3 is 1. The maximum absolute atomic E-state index is 15.2. The molecular weight excluding hydrogens is 736 g/mol. The van der Waals surface area contributed by atoms with E-state index in [9.17, 15) is 19.5 Å². The minimum absolute atomic E-state index is 0.0902. The molecule has 4 amide bonds. The average molecular weight is 773 g/mol. The largest absolute Gasteiger partial charge is 0.508 e. The first-order valence-electron chi connectivity index (χ1n) is 18.2. The van der Waals surface area contributed by atoms with Gasteiger partial charge >= 0.3 is 0 Å². The number of imide groups is 2. The molecule has 0 radical (unpaired) electrons. The minimum atomic E-state index is -1.39. The molecule has 278 valence electrons. The number of aromatic nitrogens is 2. The van der Waals surface area contributed by atoms with E-state index in [1.165, 1.54) is 23.0 Å². The van der Waals surface area contributed by atoms with Gasteiger partial charge in [0.05, 0.1) is 40.8 Å². The van der Waals surface area contributed by atoms with Crippen molar-refractivity contribution in [2.75, 3.05) is 16.9 Å². The van der Waals surface area contributed by atoms with Gasteiger partial charge in [-0.3, -0.25) is 28.8 Å². The van der Waals surface area contributed by atoms with Crippen molar-refractivity contribution in [3.63, 3.8) is 0 Å². The van der Waals surface area contributed by atoms with Gasteiger partial charge in [-0.05, 0) is 91.6 Å². The summed E-state index contributed by atoms with van der Waals surface area (Å²) in [6.45, 7) is 7.58. The Balaban J connectivity index is 1.17. The second kappa shape index (κ2) is 12.5. The molecule has 0 bridgehead atoms. The number of rotatable bonds is 6. The Morgan fingerprint density at radius 3 is 2.49 bits per heavy atom. The number of carbonyl (C=O) groups excluding carboxylic acids is 4. The molecule has 3 fully saturated rings. The fraction of sp³-hybridized carbons (Fsp3) is 0.279. The lowest BCUT2D eigenvalue weighted by Crippen LogP contribution is -2.49. The van der Waals surface area contributed by atoms with Crippen LogP contribution in [0.15, 0.2) is 85.0 Å². The zero-order chi connectivity index (χ0) is 38.7. The van der Waals surface area contributed by atoms with Gasteiger partial charge in [-0.2, -0.15) is 5.10 Å². The Kier molecular flexibility index (Phi) is 8.00. The third kappa shape index (κ3) is 4.88. The van der Waals surface area contributed by atoms with E-state index in [1.54, 1.807) is 78.5 Å². The molecule has 2 aromatic heterocycles. The van der Waals surface area contributed by atoms with E-state index in [1.807, 2.05) is 31.2 Å². The Bertz CT molecular complexity index is 2550. The fourth-order valence-corrected chi connectivity index (χ4v) is 11.1. The second-order valence-electron chi connectivity index (χ2n) is 15.1. The summed E-state index contributed by atoms with van der Waals surface area (Å²) in [7, 11) is 3.20. The van der Waals surface area contributed by atoms with Crippen molar-refractivity contribution in [3.05, 3.63) is 107 Å². The minimum Gasteiger partial charge on any atom is -0.508 e. The average Bonchev–Trinajstić information content (AvgIpc) is 3.85. The van der Waals surface area contributed by atoms with Crippen molar-refractivity contribution >= 4 is 74.2 Å². The second-order valence-corrected chi connectivity index (χ2v) is 16.6. The summed E-state index contributed by atoms with van der Waals surface area (Å²) in [5.74, 6) is -4.62. The summed E-state index contributed by atoms with van der Waals surface area (Å²) >= 11 is 7.88. The molecule has 12 heteroatoms. The third-order valence-electron chi connectivity index (χ3n) is 12.4. The molecular formula is C43H37ClN4O6S. The number of hydrogen-bond donors (Lipinski definition) is 1. The number of phenolic OH excluding ortho intramolecular Hbond substituents is 1. The standard InChI is InChI=1S/C43H37ClN4O6S/c1-6-22-10-13-24(14-11-22)47-39(50)26-16-15-25-28(35(26)41(47)52)19-29-40(51)48(42(53)43(29,3)37(25)36-31(49)8-7-9-32(36)54-5)34-20-30(45-46(34)4)38-21(2)27-18-23(44)12-17-33(27)55-38/h6-15,17-18,20,26,28-29,35,37,49H,1,16,19H2,2-5H3/t26-,28+,29-,35-,37+,43+/m0/s1. The van der Waals surface area contributed by atoms with Crippen LogP contribution in [0.1, 0.15) is 42.4 Å². The van der Waals surface area contributed by atoms with Gasteiger partial charge in [0.2, 0.25) is 23.6 Å².